The van der Waals surface area contributed by atoms with Crippen LogP contribution in [0.1, 0.15) is 40.9 Å². The third-order valence-electron chi connectivity index (χ3n) is 5.37. The summed E-state index contributed by atoms with van der Waals surface area (Å²) in [5, 5.41) is 13.6. The van der Waals surface area contributed by atoms with Crippen LogP contribution in [0.3, 0.4) is 0 Å². The van der Waals surface area contributed by atoms with Gasteiger partial charge in [0.15, 0.2) is 0 Å². The number of amides is 1. The number of hydrogen-bond acceptors (Lipinski definition) is 6. The predicted octanol–water partition coefficient (Wildman–Crippen LogP) is 4.41. The van der Waals surface area contributed by atoms with Crippen molar-refractivity contribution in [2.75, 3.05) is 25.1 Å². The second-order valence-electron chi connectivity index (χ2n) is 8.34. The highest BCUT2D eigenvalue weighted by Gasteiger charge is 2.16. The first-order valence-electron chi connectivity index (χ1n) is 11.6. The van der Waals surface area contributed by atoms with Crippen LogP contribution in [0, 0.1) is 0 Å². The lowest BCUT2D eigenvalue weighted by molar-refractivity contribution is 0.0979. The summed E-state index contributed by atoms with van der Waals surface area (Å²) in [4.78, 5) is 13.2. The quantitative estimate of drug-likeness (QED) is 0.246. The zero-order valence-electron chi connectivity index (χ0n) is 20.0. The number of thioether (sulfide) groups is 1. The fraction of sp³-hybridized carbons (Fsp3) is 0.296. The summed E-state index contributed by atoms with van der Waals surface area (Å²) < 4.78 is 25.1. The van der Waals surface area contributed by atoms with Gasteiger partial charge >= 0.3 is 0 Å². The Hall–Kier alpha value is -2.65. The maximum atomic E-state index is 12.5. The highest BCUT2D eigenvalue weighted by atomic mass is 32.2. The topological polar surface area (TPSA) is 95.5 Å². The fourth-order valence-corrected chi connectivity index (χ4v) is 4.97. The standard InChI is InChI=1S/C27H32N2O4S2/c1-3-17-34-26-18-23(13-14-24(26)27(31)29-35(2,32)33)21-11-9-20(10-12-21)15-16-28-19-25(30)22-7-5-4-6-8-22/h4-14,18,25,28,30H,3,15-17,19H2,1-2H3,(H,29,31)/t25-/m0/s1. The SMILES string of the molecule is CCCSc1cc(-c2ccc(CCNC[C@H](O)c3ccccc3)cc2)ccc1C(=O)NS(C)(=O)=O. The van der Waals surface area contributed by atoms with Gasteiger partial charge in [-0.3, -0.25) is 4.79 Å². The Morgan fingerprint density at radius 1 is 1.00 bits per heavy atom. The number of hydrogen-bond donors (Lipinski definition) is 3. The second-order valence-corrected chi connectivity index (χ2v) is 11.2. The van der Waals surface area contributed by atoms with Crippen molar-refractivity contribution in [2.45, 2.75) is 30.8 Å². The van der Waals surface area contributed by atoms with Crippen LogP contribution in [-0.2, 0) is 16.4 Å². The molecule has 0 heterocycles. The molecule has 0 bridgehead atoms. The van der Waals surface area contributed by atoms with Crippen LogP contribution in [-0.4, -0.2) is 44.5 Å². The van der Waals surface area contributed by atoms with E-state index in [9.17, 15) is 18.3 Å². The number of sulfonamides is 1. The molecule has 0 aliphatic carbocycles. The zero-order chi connectivity index (χ0) is 25.3. The molecule has 1 amide bonds. The van der Waals surface area contributed by atoms with Gasteiger partial charge in [0.25, 0.3) is 5.91 Å². The first-order valence-corrected chi connectivity index (χ1v) is 14.5. The van der Waals surface area contributed by atoms with Gasteiger partial charge in [-0.05, 0) is 59.5 Å². The first kappa shape index (κ1) is 26.9. The van der Waals surface area contributed by atoms with E-state index in [1.54, 1.807) is 17.8 Å². The molecule has 3 N–H and O–H groups in total. The molecular formula is C27H32N2O4S2. The van der Waals surface area contributed by atoms with Gasteiger partial charge in [-0.25, -0.2) is 13.1 Å². The molecule has 0 aliphatic rings. The molecule has 0 aromatic heterocycles. The molecule has 0 aliphatic heterocycles. The molecule has 8 heteroatoms. The van der Waals surface area contributed by atoms with E-state index in [1.165, 1.54) is 5.56 Å². The van der Waals surface area contributed by atoms with E-state index in [-0.39, 0.29) is 0 Å². The number of carbonyl (C=O) groups excluding carboxylic acids is 1. The molecular weight excluding hydrogens is 480 g/mol. The largest absolute Gasteiger partial charge is 0.387 e. The van der Waals surface area contributed by atoms with Crippen molar-refractivity contribution in [1.82, 2.24) is 10.0 Å². The van der Waals surface area contributed by atoms with E-state index < -0.39 is 22.0 Å². The fourth-order valence-electron chi connectivity index (χ4n) is 3.57. The van der Waals surface area contributed by atoms with Gasteiger partial charge in [0.2, 0.25) is 10.0 Å². The molecule has 1 atom stereocenters. The highest BCUT2D eigenvalue weighted by molar-refractivity contribution is 7.99. The number of benzene rings is 3. The lowest BCUT2D eigenvalue weighted by Crippen LogP contribution is -2.29. The Bertz CT molecular complexity index is 1210. The number of aliphatic hydroxyl groups excluding tert-OH is 1. The van der Waals surface area contributed by atoms with Gasteiger partial charge < -0.3 is 10.4 Å². The third kappa shape index (κ3) is 8.50. The number of nitrogens with one attached hydrogen (secondary N) is 2. The van der Waals surface area contributed by atoms with Crippen LogP contribution in [0.2, 0.25) is 0 Å². The summed E-state index contributed by atoms with van der Waals surface area (Å²) in [5.74, 6) is 0.214. The third-order valence-corrected chi connectivity index (χ3v) is 7.18. The predicted molar refractivity (Wildman–Crippen MR) is 143 cm³/mol. The molecule has 0 fully saturated rings. The maximum Gasteiger partial charge on any atom is 0.265 e. The smallest absolute Gasteiger partial charge is 0.265 e. The molecule has 3 rings (SSSR count). The summed E-state index contributed by atoms with van der Waals surface area (Å²) in [6, 6.07) is 23.3. The molecule has 186 valence electrons. The molecule has 0 spiro atoms. The number of carbonyl (C=O) groups is 1. The van der Waals surface area contributed by atoms with Gasteiger partial charge in [0.1, 0.15) is 0 Å². The lowest BCUT2D eigenvalue weighted by Gasteiger charge is -2.13. The molecule has 0 radical (unpaired) electrons. The Kier molecular flexibility index (Phi) is 9.92. The molecule has 0 unspecified atom stereocenters. The van der Waals surface area contributed by atoms with E-state index in [1.807, 2.05) is 54.6 Å². The molecule has 35 heavy (non-hydrogen) atoms. The van der Waals surface area contributed by atoms with E-state index in [2.05, 4.69) is 29.1 Å². The summed E-state index contributed by atoms with van der Waals surface area (Å²) in [6.45, 7) is 3.31. The van der Waals surface area contributed by atoms with E-state index >= 15 is 0 Å². The Morgan fingerprint density at radius 3 is 2.34 bits per heavy atom. The Morgan fingerprint density at radius 2 is 1.69 bits per heavy atom. The van der Waals surface area contributed by atoms with Crippen LogP contribution >= 0.6 is 11.8 Å². The normalized spacial score (nSPS) is 12.3. The zero-order valence-corrected chi connectivity index (χ0v) is 21.7. The summed E-state index contributed by atoms with van der Waals surface area (Å²) in [5.41, 5.74) is 4.43. The molecule has 0 saturated carbocycles. The first-order chi connectivity index (χ1) is 16.8. The molecule has 3 aromatic rings. The van der Waals surface area contributed by atoms with Crippen molar-refractivity contribution in [2.24, 2.45) is 0 Å². The summed E-state index contributed by atoms with van der Waals surface area (Å²) >= 11 is 1.54. The average Bonchev–Trinajstić information content (AvgIpc) is 2.85. The summed E-state index contributed by atoms with van der Waals surface area (Å²) in [6.07, 6.45) is 2.22. The highest BCUT2D eigenvalue weighted by Crippen LogP contribution is 2.30. The van der Waals surface area contributed by atoms with Gasteiger partial charge in [-0.1, -0.05) is 67.6 Å². The minimum absolute atomic E-state index is 0.359. The van der Waals surface area contributed by atoms with Crippen LogP contribution in [0.15, 0.2) is 77.7 Å². The van der Waals surface area contributed by atoms with Crippen LogP contribution in [0.25, 0.3) is 11.1 Å². The van der Waals surface area contributed by atoms with Crippen LogP contribution in [0.5, 0.6) is 0 Å². The van der Waals surface area contributed by atoms with E-state index in [0.29, 0.717) is 12.1 Å². The van der Waals surface area contributed by atoms with Crippen molar-refractivity contribution < 1.29 is 18.3 Å². The Balaban J connectivity index is 1.62. The lowest BCUT2D eigenvalue weighted by atomic mass is 10.0. The van der Waals surface area contributed by atoms with E-state index in [0.717, 1.165) is 53.0 Å². The number of aliphatic hydroxyl groups is 1. The van der Waals surface area contributed by atoms with Crippen LogP contribution < -0.4 is 10.0 Å². The van der Waals surface area contributed by atoms with Crippen molar-refractivity contribution in [3.05, 3.63) is 89.5 Å². The van der Waals surface area contributed by atoms with E-state index in [4.69, 9.17) is 0 Å². The maximum absolute atomic E-state index is 12.5. The molecule has 0 saturated heterocycles. The molecule has 6 nitrogen and oxygen atoms in total. The summed E-state index contributed by atoms with van der Waals surface area (Å²) in [7, 11) is -3.63. The Labute approximate surface area is 212 Å². The minimum Gasteiger partial charge on any atom is -0.387 e. The van der Waals surface area contributed by atoms with Gasteiger partial charge in [0, 0.05) is 11.4 Å². The average molecular weight is 513 g/mol. The number of rotatable bonds is 12. The van der Waals surface area contributed by atoms with Crippen molar-refractivity contribution in [3.8, 4) is 11.1 Å². The molecule has 3 aromatic carbocycles. The minimum atomic E-state index is -3.63. The van der Waals surface area contributed by atoms with Crippen LogP contribution in [0.4, 0.5) is 0 Å². The second kappa shape index (κ2) is 12.9. The van der Waals surface area contributed by atoms with Gasteiger partial charge in [-0.15, -0.1) is 11.8 Å². The van der Waals surface area contributed by atoms with Crippen molar-refractivity contribution >= 4 is 27.7 Å². The monoisotopic (exact) mass is 512 g/mol. The van der Waals surface area contributed by atoms with Gasteiger partial charge in [-0.2, -0.15) is 0 Å². The van der Waals surface area contributed by atoms with Gasteiger partial charge in [0.05, 0.1) is 17.9 Å². The van der Waals surface area contributed by atoms with Crippen molar-refractivity contribution in [1.29, 1.82) is 0 Å². The van der Waals surface area contributed by atoms with Crippen molar-refractivity contribution in [3.63, 3.8) is 0 Å².